The maximum Gasteiger partial charge on any atom is 0.226 e. The highest BCUT2D eigenvalue weighted by Crippen LogP contribution is 2.27. The molecule has 2 aromatic carbocycles. The Morgan fingerprint density at radius 3 is 2.34 bits per heavy atom. The van der Waals surface area contributed by atoms with Crippen LogP contribution in [-0.2, 0) is 12.8 Å². The van der Waals surface area contributed by atoms with Crippen molar-refractivity contribution >= 4 is 29.9 Å². The minimum absolute atomic E-state index is 0. The second-order valence-corrected chi connectivity index (χ2v) is 6.77. The number of benzene rings is 2. The maximum absolute atomic E-state index is 13.0. The Morgan fingerprint density at radius 1 is 1.00 bits per heavy atom. The zero-order valence-corrected chi connectivity index (χ0v) is 20.7. The molecule has 0 bridgehead atoms. The Morgan fingerprint density at radius 2 is 1.69 bits per heavy atom. The van der Waals surface area contributed by atoms with Gasteiger partial charge in [0.1, 0.15) is 12.1 Å². The number of halogens is 2. The third-order valence-corrected chi connectivity index (χ3v) is 4.69. The SMILES string of the molecule is CN=C(NCCc1ccc(OC)c(OC)c1)NCCc1coc(-c2ccc(F)cc2)n1.I. The van der Waals surface area contributed by atoms with Gasteiger partial charge in [-0.05, 0) is 48.4 Å². The van der Waals surface area contributed by atoms with E-state index in [1.165, 1.54) is 12.1 Å². The van der Waals surface area contributed by atoms with Crippen LogP contribution in [0.5, 0.6) is 11.5 Å². The Balaban J connectivity index is 0.00000363. The number of methoxy groups -OCH3 is 2. The fourth-order valence-corrected chi connectivity index (χ4v) is 3.04. The first kappa shape index (κ1) is 25.4. The van der Waals surface area contributed by atoms with Crippen LogP contribution in [0, 0.1) is 5.82 Å². The topological polar surface area (TPSA) is 80.9 Å². The van der Waals surface area contributed by atoms with Gasteiger partial charge in [-0.2, -0.15) is 0 Å². The van der Waals surface area contributed by atoms with Crippen LogP contribution in [0.1, 0.15) is 11.3 Å². The van der Waals surface area contributed by atoms with Crippen LogP contribution >= 0.6 is 24.0 Å². The molecule has 2 N–H and O–H groups in total. The van der Waals surface area contributed by atoms with Crippen molar-refractivity contribution in [2.45, 2.75) is 12.8 Å². The summed E-state index contributed by atoms with van der Waals surface area (Å²) in [6, 6.07) is 12.0. The van der Waals surface area contributed by atoms with Crippen molar-refractivity contribution in [3.63, 3.8) is 0 Å². The van der Waals surface area contributed by atoms with Gasteiger partial charge in [0.2, 0.25) is 5.89 Å². The van der Waals surface area contributed by atoms with Crippen molar-refractivity contribution in [1.82, 2.24) is 15.6 Å². The van der Waals surface area contributed by atoms with Crippen molar-refractivity contribution in [2.75, 3.05) is 34.4 Å². The summed E-state index contributed by atoms with van der Waals surface area (Å²) in [7, 11) is 4.98. The molecule has 0 saturated carbocycles. The number of aromatic nitrogens is 1. The fourth-order valence-electron chi connectivity index (χ4n) is 3.04. The van der Waals surface area contributed by atoms with Crippen molar-refractivity contribution < 1.29 is 18.3 Å². The van der Waals surface area contributed by atoms with Crippen LogP contribution in [0.2, 0.25) is 0 Å². The number of aliphatic imine (C=N–C) groups is 1. The highest BCUT2D eigenvalue weighted by molar-refractivity contribution is 14.0. The zero-order valence-electron chi connectivity index (χ0n) is 18.4. The van der Waals surface area contributed by atoms with Crippen molar-refractivity contribution in [3.05, 3.63) is 65.8 Å². The van der Waals surface area contributed by atoms with Crippen LogP contribution in [0.15, 0.2) is 58.1 Å². The molecule has 0 atom stereocenters. The van der Waals surface area contributed by atoms with E-state index in [9.17, 15) is 4.39 Å². The summed E-state index contributed by atoms with van der Waals surface area (Å²) in [6.45, 7) is 1.36. The first-order valence-electron chi connectivity index (χ1n) is 9.98. The van der Waals surface area contributed by atoms with Gasteiger partial charge in [-0.3, -0.25) is 4.99 Å². The summed E-state index contributed by atoms with van der Waals surface area (Å²) < 4.78 is 29.2. The van der Waals surface area contributed by atoms with Gasteiger partial charge in [0.05, 0.1) is 19.9 Å². The normalized spacial score (nSPS) is 10.9. The third kappa shape index (κ3) is 7.11. The predicted molar refractivity (Wildman–Crippen MR) is 134 cm³/mol. The quantitative estimate of drug-likeness (QED) is 0.236. The van der Waals surface area contributed by atoms with E-state index in [-0.39, 0.29) is 29.8 Å². The fraction of sp³-hybridized carbons (Fsp3) is 0.304. The number of nitrogens with zero attached hydrogens (tertiary/aromatic N) is 2. The lowest BCUT2D eigenvalue weighted by atomic mass is 10.1. The predicted octanol–water partition coefficient (Wildman–Crippen LogP) is 4.07. The molecule has 7 nitrogen and oxygen atoms in total. The van der Waals surface area contributed by atoms with Gasteiger partial charge in [0.15, 0.2) is 17.5 Å². The van der Waals surface area contributed by atoms with Crippen LogP contribution in [-0.4, -0.2) is 45.3 Å². The summed E-state index contributed by atoms with van der Waals surface area (Å²) in [4.78, 5) is 8.70. The lowest BCUT2D eigenvalue weighted by Crippen LogP contribution is -2.39. The summed E-state index contributed by atoms with van der Waals surface area (Å²) in [5.74, 6) is 2.34. The molecule has 1 aromatic heterocycles. The van der Waals surface area contributed by atoms with Crippen LogP contribution < -0.4 is 20.1 Å². The molecule has 1 heterocycles. The van der Waals surface area contributed by atoms with E-state index in [0.717, 1.165) is 29.0 Å². The summed E-state index contributed by atoms with van der Waals surface area (Å²) in [5, 5.41) is 6.56. The Hall–Kier alpha value is -2.82. The van der Waals surface area contributed by atoms with Gasteiger partial charge in [-0.25, -0.2) is 9.37 Å². The molecule has 0 radical (unpaired) electrons. The van der Waals surface area contributed by atoms with Gasteiger partial charge in [0.25, 0.3) is 0 Å². The Bertz CT molecular complexity index is 1010. The first-order chi connectivity index (χ1) is 15.1. The standard InChI is InChI=1S/C23H27FN4O3.HI/c1-25-23(26-12-10-16-4-9-20(29-2)21(14-16)30-3)27-13-11-19-15-31-22(28-19)17-5-7-18(24)8-6-17;/h4-9,14-15H,10-13H2,1-3H3,(H2,25,26,27);1H. The number of guanidine groups is 1. The van der Waals surface area contributed by atoms with E-state index in [4.69, 9.17) is 13.9 Å². The number of nitrogens with one attached hydrogen (secondary N) is 2. The van der Waals surface area contributed by atoms with Gasteiger partial charge in [-0.15, -0.1) is 24.0 Å². The number of ether oxygens (including phenoxy) is 2. The zero-order chi connectivity index (χ0) is 22.1. The lowest BCUT2D eigenvalue weighted by Gasteiger charge is -2.12. The number of rotatable bonds is 9. The van der Waals surface area contributed by atoms with Gasteiger partial charge in [0, 0.05) is 32.1 Å². The second kappa shape index (κ2) is 12.9. The molecule has 32 heavy (non-hydrogen) atoms. The molecule has 0 aliphatic carbocycles. The van der Waals surface area contributed by atoms with Crippen molar-refractivity contribution in [3.8, 4) is 23.0 Å². The van der Waals surface area contributed by atoms with E-state index in [2.05, 4.69) is 20.6 Å². The largest absolute Gasteiger partial charge is 0.493 e. The molecule has 3 rings (SSSR count). The number of hydrogen-bond donors (Lipinski definition) is 2. The maximum atomic E-state index is 13.0. The van der Waals surface area contributed by atoms with Crippen LogP contribution in [0.25, 0.3) is 11.5 Å². The smallest absolute Gasteiger partial charge is 0.226 e. The molecule has 0 fully saturated rings. The van der Waals surface area contributed by atoms with E-state index < -0.39 is 0 Å². The lowest BCUT2D eigenvalue weighted by molar-refractivity contribution is 0.354. The van der Waals surface area contributed by atoms with Crippen molar-refractivity contribution in [2.24, 2.45) is 4.99 Å². The average molecular weight is 554 g/mol. The molecular formula is C23H28FIN4O3. The molecule has 9 heteroatoms. The van der Waals surface area contributed by atoms with E-state index in [1.807, 2.05) is 18.2 Å². The molecular weight excluding hydrogens is 526 g/mol. The second-order valence-electron chi connectivity index (χ2n) is 6.77. The summed E-state index contributed by atoms with van der Waals surface area (Å²) >= 11 is 0. The Labute approximate surface area is 204 Å². The minimum atomic E-state index is -0.287. The van der Waals surface area contributed by atoms with Crippen LogP contribution in [0.3, 0.4) is 0 Å². The summed E-state index contributed by atoms with van der Waals surface area (Å²) in [6.07, 6.45) is 3.10. The highest BCUT2D eigenvalue weighted by atomic mass is 127. The van der Waals surface area contributed by atoms with E-state index >= 15 is 0 Å². The first-order valence-corrected chi connectivity index (χ1v) is 9.98. The van der Waals surface area contributed by atoms with Crippen LogP contribution in [0.4, 0.5) is 4.39 Å². The van der Waals surface area contributed by atoms with Gasteiger partial charge in [-0.1, -0.05) is 6.07 Å². The molecule has 0 amide bonds. The molecule has 172 valence electrons. The Kier molecular flexibility index (Phi) is 10.3. The number of hydrogen-bond acceptors (Lipinski definition) is 5. The van der Waals surface area contributed by atoms with E-state index in [1.54, 1.807) is 39.7 Å². The highest BCUT2D eigenvalue weighted by Gasteiger charge is 2.08. The monoisotopic (exact) mass is 554 g/mol. The summed E-state index contributed by atoms with van der Waals surface area (Å²) in [5.41, 5.74) is 2.69. The van der Waals surface area contributed by atoms with Gasteiger partial charge >= 0.3 is 0 Å². The number of oxazole rings is 1. The van der Waals surface area contributed by atoms with E-state index in [0.29, 0.717) is 37.1 Å². The molecule has 0 unspecified atom stereocenters. The third-order valence-electron chi connectivity index (χ3n) is 4.69. The molecule has 0 aliphatic rings. The minimum Gasteiger partial charge on any atom is -0.493 e. The molecule has 0 saturated heterocycles. The molecule has 0 spiro atoms. The molecule has 0 aliphatic heterocycles. The average Bonchev–Trinajstić information content (AvgIpc) is 3.27. The molecule has 3 aromatic rings. The van der Waals surface area contributed by atoms with Crippen molar-refractivity contribution in [1.29, 1.82) is 0 Å². The van der Waals surface area contributed by atoms with Gasteiger partial charge < -0.3 is 24.5 Å².